The summed E-state index contributed by atoms with van der Waals surface area (Å²) in [4.78, 5) is 29.5. The normalized spacial score (nSPS) is 23.5. The lowest BCUT2D eigenvalue weighted by molar-refractivity contribution is -0.135. The molecule has 5 rings (SSSR count). The van der Waals surface area contributed by atoms with Gasteiger partial charge >= 0.3 is 6.03 Å². The molecule has 2 fully saturated rings. The van der Waals surface area contributed by atoms with Gasteiger partial charge in [-0.2, -0.15) is 5.10 Å². The van der Waals surface area contributed by atoms with E-state index in [4.69, 9.17) is 11.6 Å². The van der Waals surface area contributed by atoms with Gasteiger partial charge in [0.25, 0.3) is 0 Å². The molecule has 1 saturated carbocycles. The van der Waals surface area contributed by atoms with Gasteiger partial charge in [-0.25, -0.2) is 22.3 Å². The minimum Gasteiger partial charge on any atom is -0.306 e. The first-order valence-electron chi connectivity index (χ1n) is 10.9. The van der Waals surface area contributed by atoms with Crippen LogP contribution in [0.15, 0.2) is 40.9 Å². The second-order valence-corrected chi connectivity index (χ2v) is 12.8. The van der Waals surface area contributed by atoms with Crippen molar-refractivity contribution in [2.75, 3.05) is 0 Å². The number of nitrogens with one attached hydrogen (secondary N) is 1. The number of sulfonamides is 1. The predicted molar refractivity (Wildman–Crippen MR) is 129 cm³/mol. The maximum atomic E-state index is 13.7. The minimum atomic E-state index is -3.85. The van der Waals surface area contributed by atoms with Crippen molar-refractivity contribution < 1.29 is 22.4 Å². The molecule has 35 heavy (non-hydrogen) atoms. The third-order valence-corrected chi connectivity index (χ3v) is 10.1. The van der Waals surface area contributed by atoms with E-state index in [9.17, 15) is 22.4 Å². The van der Waals surface area contributed by atoms with Gasteiger partial charge in [-0.05, 0) is 43.5 Å². The number of benzene rings is 1. The average Bonchev–Trinajstić information content (AvgIpc) is 3.16. The highest BCUT2D eigenvalue weighted by Gasteiger charge is 2.52. The fourth-order valence-electron chi connectivity index (χ4n) is 4.14. The van der Waals surface area contributed by atoms with Crippen molar-refractivity contribution in [2.24, 2.45) is 13.0 Å². The van der Waals surface area contributed by atoms with Gasteiger partial charge in [0, 0.05) is 30.9 Å². The van der Waals surface area contributed by atoms with Crippen LogP contribution in [0.4, 0.5) is 9.18 Å². The van der Waals surface area contributed by atoms with Gasteiger partial charge in [0.2, 0.25) is 15.9 Å². The Morgan fingerprint density at radius 3 is 2.63 bits per heavy atom. The van der Waals surface area contributed by atoms with Gasteiger partial charge in [0.05, 0.1) is 23.7 Å². The molecule has 1 aromatic carbocycles. The van der Waals surface area contributed by atoms with Gasteiger partial charge in [-0.1, -0.05) is 29.4 Å². The molecule has 2 aromatic rings. The number of fused-ring (bicyclic) bond motifs is 1. The number of hydrogen-bond donors (Lipinski definition) is 1. The summed E-state index contributed by atoms with van der Waals surface area (Å²) < 4.78 is 44.1. The molecule has 3 aliphatic rings. The molecule has 9 nitrogen and oxygen atoms in total. The van der Waals surface area contributed by atoms with Crippen LogP contribution in [-0.2, 0) is 35.0 Å². The van der Waals surface area contributed by atoms with Crippen LogP contribution >= 0.6 is 23.4 Å². The van der Waals surface area contributed by atoms with Gasteiger partial charge in [-0.15, -0.1) is 0 Å². The number of imide groups is 1. The summed E-state index contributed by atoms with van der Waals surface area (Å²) in [6, 6.07) is 3.56. The topological polar surface area (TPSA) is 105 Å². The smallest absolute Gasteiger partial charge is 0.306 e. The molecule has 2 unspecified atom stereocenters. The molecule has 1 saturated heterocycles. The first kappa shape index (κ1) is 24.3. The van der Waals surface area contributed by atoms with E-state index in [0.29, 0.717) is 11.1 Å². The molecule has 3 heterocycles. The number of carbonyl (C=O) groups excluding carboxylic acids is 2. The molecule has 13 heteroatoms. The Hall–Kier alpha value is -2.41. The molecule has 1 aliphatic carbocycles. The second-order valence-electron chi connectivity index (χ2n) is 9.29. The van der Waals surface area contributed by atoms with E-state index in [1.165, 1.54) is 29.2 Å². The summed E-state index contributed by atoms with van der Waals surface area (Å²) in [5.41, 5.74) is 0.730. The summed E-state index contributed by atoms with van der Waals surface area (Å²) in [7, 11) is -2.13. The highest BCUT2D eigenvalue weighted by Crippen LogP contribution is 2.46. The van der Waals surface area contributed by atoms with Crippen molar-refractivity contribution in [3.8, 4) is 0 Å². The quantitative estimate of drug-likeness (QED) is 0.579. The van der Waals surface area contributed by atoms with E-state index >= 15 is 0 Å². The van der Waals surface area contributed by atoms with Gasteiger partial charge < -0.3 is 4.90 Å². The van der Waals surface area contributed by atoms with E-state index in [2.05, 4.69) is 9.82 Å². The number of nitrogens with zero attached hydrogens (tertiary/aromatic N) is 4. The largest absolute Gasteiger partial charge is 0.328 e. The van der Waals surface area contributed by atoms with Crippen molar-refractivity contribution in [3.63, 3.8) is 0 Å². The summed E-state index contributed by atoms with van der Waals surface area (Å²) in [5, 5.41) is 3.24. The zero-order chi connectivity index (χ0) is 25.1. The highest BCUT2D eigenvalue weighted by atomic mass is 35.5. The van der Waals surface area contributed by atoms with Crippen LogP contribution in [0.3, 0.4) is 0 Å². The molecule has 0 bridgehead atoms. The Morgan fingerprint density at radius 2 is 2.00 bits per heavy atom. The summed E-state index contributed by atoms with van der Waals surface area (Å²) in [6.45, 7) is 1.84. The van der Waals surface area contributed by atoms with Gasteiger partial charge in [-0.3, -0.25) is 14.4 Å². The molecule has 0 radical (unpaired) electrons. The summed E-state index contributed by atoms with van der Waals surface area (Å²) in [5.74, 6) is -1.92. The Kier molecular flexibility index (Phi) is 5.98. The lowest BCUT2D eigenvalue weighted by Crippen LogP contribution is -2.58. The van der Waals surface area contributed by atoms with Crippen LogP contribution in [0.2, 0.25) is 5.02 Å². The number of amides is 3. The number of carbonyl (C=O) groups is 2. The molecule has 186 valence electrons. The number of aryl methyl sites for hydroxylation is 1. The van der Waals surface area contributed by atoms with Crippen LogP contribution < -0.4 is 4.72 Å². The number of hydrogen-bond acceptors (Lipinski definition) is 6. The fraction of sp³-hybridized carbons (Fsp3) is 0.409. The van der Waals surface area contributed by atoms with E-state index < -0.39 is 44.6 Å². The molecule has 0 spiro atoms. The third kappa shape index (κ3) is 4.72. The van der Waals surface area contributed by atoms with Crippen molar-refractivity contribution in [2.45, 2.75) is 43.8 Å². The molecular formula is C22H23ClFN5O4S2. The maximum Gasteiger partial charge on any atom is 0.328 e. The number of thioether (sulfide) groups is 1. The summed E-state index contributed by atoms with van der Waals surface area (Å²) in [6.07, 6.45) is 6.17. The number of halogens is 2. The Labute approximate surface area is 211 Å². The van der Waals surface area contributed by atoms with E-state index in [0.717, 1.165) is 29.5 Å². The second kappa shape index (κ2) is 8.61. The van der Waals surface area contributed by atoms with Crippen LogP contribution in [-0.4, -0.2) is 50.8 Å². The SMILES string of the molecule is Cn1cc(CN2C(=O)C3C=C(S(=O)(=O)NC4(C)CC4)SC3N(Cc3ccc(F)c(Cl)c3)C2=O)cn1. The number of urea groups is 1. The monoisotopic (exact) mass is 539 g/mol. The number of aromatic nitrogens is 2. The number of rotatable bonds is 7. The lowest BCUT2D eigenvalue weighted by Gasteiger charge is -2.41. The molecule has 1 N–H and O–H groups in total. The highest BCUT2D eigenvalue weighted by molar-refractivity contribution is 8.18. The van der Waals surface area contributed by atoms with Crippen molar-refractivity contribution in [1.29, 1.82) is 0 Å². The third-order valence-electron chi connectivity index (χ3n) is 6.28. The molecule has 1 aromatic heterocycles. The fourth-order valence-corrected chi connectivity index (χ4v) is 7.65. The van der Waals surface area contributed by atoms with Crippen molar-refractivity contribution in [3.05, 3.63) is 62.9 Å². The standard InChI is InChI=1S/C22H23ClFN5O4S2/c1-22(5-6-22)26-35(32,33)18-8-15-19(30)28(12-14-9-25-27(2)10-14)21(31)29(20(15)34-18)11-13-3-4-17(24)16(23)7-13/h3-4,7-10,15,20,26H,5-6,11-12H2,1-2H3. The van der Waals surface area contributed by atoms with E-state index in [-0.39, 0.29) is 22.3 Å². The molecular weight excluding hydrogens is 517 g/mol. The Morgan fingerprint density at radius 1 is 1.26 bits per heavy atom. The zero-order valence-electron chi connectivity index (χ0n) is 18.9. The minimum absolute atomic E-state index is 0.00763. The maximum absolute atomic E-state index is 13.7. The van der Waals surface area contributed by atoms with Crippen LogP contribution in [0.25, 0.3) is 0 Å². The van der Waals surface area contributed by atoms with E-state index in [1.807, 2.05) is 6.92 Å². The predicted octanol–water partition coefficient (Wildman–Crippen LogP) is 3.18. The van der Waals surface area contributed by atoms with Crippen molar-refractivity contribution >= 4 is 45.3 Å². The Bertz CT molecular complexity index is 1360. The van der Waals surface area contributed by atoms with Gasteiger partial charge in [0.15, 0.2) is 0 Å². The molecule has 2 aliphatic heterocycles. The molecule has 2 atom stereocenters. The first-order valence-corrected chi connectivity index (χ1v) is 13.7. The van der Waals surface area contributed by atoms with Gasteiger partial charge in [0.1, 0.15) is 15.4 Å². The molecule has 3 amide bonds. The first-order chi connectivity index (χ1) is 16.5. The Balaban J connectivity index is 1.48. The summed E-state index contributed by atoms with van der Waals surface area (Å²) >= 11 is 6.91. The zero-order valence-corrected chi connectivity index (χ0v) is 21.3. The lowest BCUT2D eigenvalue weighted by atomic mass is 10.0. The van der Waals surface area contributed by atoms with E-state index in [1.54, 1.807) is 24.1 Å². The van der Waals surface area contributed by atoms with Crippen LogP contribution in [0.1, 0.15) is 30.9 Å². The van der Waals surface area contributed by atoms with Crippen molar-refractivity contribution in [1.82, 2.24) is 24.3 Å². The van der Waals surface area contributed by atoms with Crippen LogP contribution in [0, 0.1) is 11.7 Å². The average molecular weight is 540 g/mol. The van der Waals surface area contributed by atoms with Crippen LogP contribution in [0.5, 0.6) is 0 Å².